The predicted octanol–water partition coefficient (Wildman–Crippen LogP) is -0.899. The molecule has 0 amide bonds. The molecule has 1 fully saturated rings. The highest BCUT2D eigenvalue weighted by Crippen LogP contribution is 2.27. The third-order valence-corrected chi connectivity index (χ3v) is 2.61. The number of hydrogen-bond acceptors (Lipinski definition) is 4. The lowest BCUT2D eigenvalue weighted by molar-refractivity contribution is -0.139. The number of carboxylic acids is 1. The van der Waals surface area contributed by atoms with Gasteiger partial charge in [0.1, 0.15) is 6.04 Å². The molecule has 0 saturated heterocycles. The van der Waals surface area contributed by atoms with Crippen LogP contribution in [-0.4, -0.2) is 53.4 Å². The smallest absolute Gasteiger partial charge is 0.321 e. The normalized spacial score (nSPS) is 28.6. The summed E-state index contributed by atoms with van der Waals surface area (Å²) in [4.78, 5) is 12.4. The van der Waals surface area contributed by atoms with E-state index in [1.54, 1.807) is 0 Å². The van der Waals surface area contributed by atoms with E-state index >= 15 is 0 Å². The minimum absolute atomic E-state index is 0.151. The van der Waals surface area contributed by atoms with Crippen LogP contribution < -0.4 is 5.73 Å². The Morgan fingerprint density at radius 3 is 2.64 bits per heavy atom. The predicted molar refractivity (Wildman–Crippen MR) is 51.8 cm³/mol. The van der Waals surface area contributed by atoms with Crippen LogP contribution in [-0.2, 0) is 4.79 Å². The summed E-state index contributed by atoms with van der Waals surface area (Å²) >= 11 is 0. The maximum atomic E-state index is 10.5. The van der Waals surface area contributed by atoms with E-state index in [-0.39, 0.29) is 6.10 Å². The van der Waals surface area contributed by atoms with Gasteiger partial charge in [0.15, 0.2) is 0 Å². The first-order valence-corrected chi connectivity index (χ1v) is 4.84. The molecule has 0 aromatic heterocycles. The van der Waals surface area contributed by atoms with Crippen LogP contribution in [0.5, 0.6) is 0 Å². The molecule has 1 saturated carbocycles. The second kappa shape index (κ2) is 4.72. The van der Waals surface area contributed by atoms with E-state index in [0.717, 1.165) is 19.4 Å². The van der Waals surface area contributed by atoms with Gasteiger partial charge in [0.25, 0.3) is 0 Å². The van der Waals surface area contributed by atoms with Crippen molar-refractivity contribution in [1.82, 2.24) is 4.90 Å². The maximum Gasteiger partial charge on any atom is 0.321 e. The van der Waals surface area contributed by atoms with Crippen LogP contribution in [0.25, 0.3) is 0 Å². The largest absolute Gasteiger partial charge is 0.480 e. The van der Waals surface area contributed by atoms with Gasteiger partial charge in [-0.1, -0.05) is 0 Å². The van der Waals surface area contributed by atoms with Crippen molar-refractivity contribution >= 4 is 5.97 Å². The fourth-order valence-corrected chi connectivity index (χ4v) is 1.78. The van der Waals surface area contributed by atoms with E-state index < -0.39 is 12.0 Å². The molecule has 1 aliphatic rings. The molecule has 82 valence electrons. The lowest BCUT2D eigenvalue weighted by Crippen LogP contribution is -2.44. The molecule has 0 spiro atoms. The summed E-state index contributed by atoms with van der Waals surface area (Å²) < 4.78 is 0. The van der Waals surface area contributed by atoms with Crippen molar-refractivity contribution < 1.29 is 15.0 Å². The summed E-state index contributed by atoms with van der Waals surface area (Å²) in [5.41, 5.74) is 5.39. The Morgan fingerprint density at radius 2 is 2.21 bits per heavy atom. The van der Waals surface area contributed by atoms with Crippen molar-refractivity contribution in [2.24, 2.45) is 11.7 Å². The molecule has 1 aliphatic carbocycles. The highest BCUT2D eigenvalue weighted by Gasteiger charge is 2.28. The van der Waals surface area contributed by atoms with Gasteiger partial charge >= 0.3 is 5.97 Å². The Bertz CT molecular complexity index is 204. The van der Waals surface area contributed by atoms with Gasteiger partial charge in [0.2, 0.25) is 0 Å². The SMILES string of the molecule is CN(CC1CC(O)C1)CC(N)C(=O)O. The number of likely N-dealkylation sites (N-methyl/N-ethyl adjacent to an activating group) is 1. The molecule has 0 aromatic rings. The maximum absolute atomic E-state index is 10.5. The lowest BCUT2D eigenvalue weighted by Gasteiger charge is -2.34. The van der Waals surface area contributed by atoms with Gasteiger partial charge in [-0.15, -0.1) is 0 Å². The van der Waals surface area contributed by atoms with Crippen molar-refractivity contribution in [2.75, 3.05) is 20.1 Å². The molecule has 0 aliphatic heterocycles. The number of aliphatic hydroxyl groups excluding tert-OH is 1. The van der Waals surface area contributed by atoms with Crippen LogP contribution in [0.4, 0.5) is 0 Å². The molecular formula is C9H18N2O3. The van der Waals surface area contributed by atoms with Gasteiger partial charge < -0.3 is 20.8 Å². The number of nitrogens with two attached hydrogens (primary N) is 1. The summed E-state index contributed by atoms with van der Waals surface area (Å²) in [6.45, 7) is 1.18. The number of hydrogen-bond donors (Lipinski definition) is 3. The second-order valence-electron chi connectivity index (χ2n) is 4.16. The van der Waals surface area contributed by atoms with Crippen molar-refractivity contribution in [3.63, 3.8) is 0 Å². The number of carbonyl (C=O) groups is 1. The summed E-state index contributed by atoms with van der Waals surface area (Å²) in [6.07, 6.45) is 1.50. The van der Waals surface area contributed by atoms with E-state index in [1.165, 1.54) is 0 Å². The topological polar surface area (TPSA) is 86.8 Å². The van der Waals surface area contributed by atoms with Crippen LogP contribution in [0, 0.1) is 5.92 Å². The third kappa shape index (κ3) is 3.25. The molecule has 0 radical (unpaired) electrons. The number of nitrogens with zero attached hydrogens (tertiary/aromatic N) is 1. The molecule has 0 heterocycles. The van der Waals surface area contributed by atoms with Crippen LogP contribution >= 0.6 is 0 Å². The van der Waals surface area contributed by atoms with Gasteiger partial charge in [-0.25, -0.2) is 0 Å². The van der Waals surface area contributed by atoms with Crippen LogP contribution in [0.3, 0.4) is 0 Å². The van der Waals surface area contributed by atoms with Crippen molar-refractivity contribution in [3.8, 4) is 0 Å². The molecular weight excluding hydrogens is 184 g/mol. The van der Waals surface area contributed by atoms with E-state index in [1.807, 2.05) is 11.9 Å². The number of aliphatic carboxylic acids is 1. The quantitative estimate of drug-likeness (QED) is 0.538. The highest BCUT2D eigenvalue weighted by molar-refractivity contribution is 5.73. The number of rotatable bonds is 5. The van der Waals surface area contributed by atoms with Crippen molar-refractivity contribution in [2.45, 2.75) is 25.0 Å². The monoisotopic (exact) mass is 202 g/mol. The minimum Gasteiger partial charge on any atom is -0.480 e. The van der Waals surface area contributed by atoms with Gasteiger partial charge in [-0.05, 0) is 25.8 Å². The third-order valence-electron chi connectivity index (χ3n) is 2.61. The summed E-state index contributed by atoms with van der Waals surface area (Å²) in [5, 5.41) is 17.7. The van der Waals surface area contributed by atoms with Crippen LogP contribution in [0.2, 0.25) is 0 Å². The van der Waals surface area contributed by atoms with E-state index in [0.29, 0.717) is 12.5 Å². The first-order valence-electron chi connectivity index (χ1n) is 4.84. The minimum atomic E-state index is -0.967. The zero-order valence-corrected chi connectivity index (χ0v) is 8.39. The lowest BCUT2D eigenvalue weighted by atomic mass is 9.82. The molecule has 5 heteroatoms. The van der Waals surface area contributed by atoms with Gasteiger partial charge in [-0.3, -0.25) is 4.79 Å². The fourth-order valence-electron chi connectivity index (χ4n) is 1.78. The Kier molecular flexibility index (Phi) is 3.86. The summed E-state index contributed by atoms with van der Waals surface area (Å²) in [5.74, 6) is -0.471. The zero-order valence-electron chi connectivity index (χ0n) is 8.39. The molecule has 1 rings (SSSR count). The van der Waals surface area contributed by atoms with Crippen molar-refractivity contribution in [1.29, 1.82) is 0 Å². The first-order chi connectivity index (χ1) is 6.49. The summed E-state index contributed by atoms with van der Waals surface area (Å²) in [6, 6.07) is -0.815. The Morgan fingerprint density at radius 1 is 1.64 bits per heavy atom. The van der Waals surface area contributed by atoms with E-state index in [9.17, 15) is 4.79 Å². The fraction of sp³-hybridized carbons (Fsp3) is 0.889. The average Bonchev–Trinajstić information content (AvgIpc) is 2.01. The first kappa shape index (κ1) is 11.4. The molecule has 1 unspecified atom stereocenters. The standard InChI is InChI=1S/C9H18N2O3/c1-11(5-8(10)9(13)14)4-6-2-7(12)3-6/h6-8,12H,2-5,10H2,1H3,(H,13,14). The Labute approximate surface area is 83.5 Å². The second-order valence-corrected chi connectivity index (χ2v) is 4.16. The molecule has 5 nitrogen and oxygen atoms in total. The van der Waals surface area contributed by atoms with Gasteiger partial charge in [-0.2, -0.15) is 0 Å². The Balaban J connectivity index is 2.15. The van der Waals surface area contributed by atoms with Gasteiger partial charge in [0, 0.05) is 13.1 Å². The average molecular weight is 202 g/mol. The zero-order chi connectivity index (χ0) is 10.7. The highest BCUT2D eigenvalue weighted by atomic mass is 16.4. The van der Waals surface area contributed by atoms with Gasteiger partial charge in [0.05, 0.1) is 6.10 Å². The van der Waals surface area contributed by atoms with E-state index in [4.69, 9.17) is 15.9 Å². The number of aliphatic hydroxyl groups is 1. The molecule has 0 aromatic carbocycles. The van der Waals surface area contributed by atoms with E-state index in [2.05, 4.69) is 0 Å². The van der Waals surface area contributed by atoms with Crippen molar-refractivity contribution in [3.05, 3.63) is 0 Å². The molecule has 0 bridgehead atoms. The molecule has 4 N–H and O–H groups in total. The molecule has 1 atom stereocenters. The number of carboxylic acid groups (broad SMARTS) is 1. The molecule has 14 heavy (non-hydrogen) atoms. The summed E-state index contributed by atoms with van der Waals surface area (Å²) in [7, 11) is 1.85. The van der Waals surface area contributed by atoms with Crippen LogP contribution in [0.1, 0.15) is 12.8 Å². The Hall–Kier alpha value is -0.650. The van der Waals surface area contributed by atoms with Crippen LogP contribution in [0.15, 0.2) is 0 Å².